The number of carbonyl (C=O) groups is 11. The molecule has 0 bridgehead atoms. The van der Waals surface area contributed by atoms with Gasteiger partial charge in [0.2, 0.25) is 59.1 Å². The smallest absolute Gasteiger partial charge is 0.305 e. The van der Waals surface area contributed by atoms with Gasteiger partial charge in [0.05, 0.1) is 44.4 Å². The van der Waals surface area contributed by atoms with Crippen LogP contribution in [-0.4, -0.2) is 198 Å². The number of nitrogens with zero attached hydrogens (tertiary/aromatic N) is 3. The summed E-state index contributed by atoms with van der Waals surface area (Å²) in [6.07, 6.45) is -2.75. The number of nitrogens with one attached hydrogen (secondary N) is 10. The topological polar surface area (TPSA) is 519 Å². The van der Waals surface area contributed by atoms with E-state index in [1.165, 1.54) is 25.1 Å². The molecule has 1 aromatic heterocycles. The molecule has 0 saturated heterocycles. The van der Waals surface area contributed by atoms with Crippen molar-refractivity contribution in [1.82, 2.24) is 68.5 Å². The van der Waals surface area contributed by atoms with Crippen molar-refractivity contribution in [2.45, 2.75) is 179 Å². The van der Waals surface area contributed by atoms with Gasteiger partial charge in [-0.1, -0.05) is 90.0 Å². The van der Waals surface area contributed by atoms with E-state index in [0.717, 1.165) is 73.1 Å². The van der Waals surface area contributed by atoms with Crippen molar-refractivity contribution in [3.8, 4) is 16.9 Å². The maximum absolute atomic E-state index is 15.4. The molecule has 0 aliphatic carbocycles. The molecule has 33 heteroatoms. The zero-order valence-corrected chi connectivity index (χ0v) is 57.4. The van der Waals surface area contributed by atoms with E-state index in [9.17, 15) is 73.2 Å². The van der Waals surface area contributed by atoms with E-state index in [2.05, 4.69) is 68.5 Å². The van der Waals surface area contributed by atoms with Gasteiger partial charge in [-0.25, -0.2) is 4.39 Å². The third kappa shape index (κ3) is 25.7. The highest BCUT2D eigenvalue weighted by Gasteiger charge is 2.42. The first-order valence-electron chi connectivity index (χ1n) is 32.9. The molecule has 0 aliphatic rings. The number of carboxylic acids is 1. The molecule has 0 unspecified atom stereocenters. The molecule has 4 aromatic carbocycles. The number of aromatic amines is 1. The van der Waals surface area contributed by atoms with Crippen molar-refractivity contribution in [2.24, 2.45) is 17.2 Å². The first-order chi connectivity index (χ1) is 47.8. The van der Waals surface area contributed by atoms with E-state index >= 15 is 4.39 Å². The number of halogens is 1. The van der Waals surface area contributed by atoms with Crippen LogP contribution >= 0.6 is 0 Å². The Balaban J connectivity index is 1.35. The van der Waals surface area contributed by atoms with Crippen molar-refractivity contribution in [2.75, 3.05) is 26.3 Å². The summed E-state index contributed by atoms with van der Waals surface area (Å²) in [5.41, 5.74) is 20.8. The molecule has 11 atom stereocenters. The van der Waals surface area contributed by atoms with Crippen LogP contribution in [0.2, 0.25) is 0 Å². The number of aromatic nitrogens is 4. The number of primary amides is 1. The molecule has 10 amide bonds. The SMILES string of the molecule is CCc1cc(OCCCCN)ccc1-c1ccc(C[C@H](NC(=O)[C@H](CC(=O)O)NC(=O)[C@H](CO)NC(=O)[C@@H](NC(=O)[C@](C)(Cc2ccccc2F)NC(=O)[C@@H](NC(=O)CNC(=O)[C@H](Cc2nn[nH]n2)NC(=O)[C@H](C)N)[C@@H](C)O)[C@@H](C)O)C(=O)N[C@@H](CCCc2cc(C)cc(C)c2)C(N)=O)cc1. The van der Waals surface area contributed by atoms with E-state index < -0.39 is 163 Å². The number of aliphatic hydroxyl groups excluding tert-OH is 3. The molecule has 0 radical (unpaired) electrons. The van der Waals surface area contributed by atoms with Crippen molar-refractivity contribution < 1.29 is 82.3 Å². The maximum Gasteiger partial charge on any atom is 0.305 e. The van der Waals surface area contributed by atoms with Crippen molar-refractivity contribution in [3.05, 3.63) is 130 Å². The van der Waals surface area contributed by atoms with E-state index in [1.54, 1.807) is 24.3 Å². The molecule has 0 spiro atoms. The van der Waals surface area contributed by atoms with E-state index in [4.69, 9.17) is 21.9 Å². The van der Waals surface area contributed by atoms with Crippen LogP contribution in [0.4, 0.5) is 4.39 Å². The Hall–Kier alpha value is -10.4. The molecule has 0 aliphatic heterocycles. The van der Waals surface area contributed by atoms with Gasteiger partial charge in [-0.3, -0.25) is 52.7 Å². The Bertz CT molecular complexity index is 3650. The summed E-state index contributed by atoms with van der Waals surface area (Å²) in [6.45, 7) is 9.35. The number of benzene rings is 4. The molecule has 101 heavy (non-hydrogen) atoms. The van der Waals surface area contributed by atoms with Gasteiger partial charge < -0.3 is 90.2 Å². The number of rotatable bonds is 41. The molecule has 548 valence electrons. The Labute approximate surface area is 582 Å². The molecular formula is C68H93FN16O16. The number of aryl methyl sites for hydroxylation is 4. The third-order valence-electron chi connectivity index (χ3n) is 16.2. The largest absolute Gasteiger partial charge is 0.494 e. The van der Waals surface area contributed by atoms with Crippen LogP contribution in [0.5, 0.6) is 5.75 Å². The van der Waals surface area contributed by atoms with Gasteiger partial charge in [0.1, 0.15) is 59.4 Å². The highest BCUT2D eigenvalue weighted by molar-refractivity contribution is 6.00. The van der Waals surface area contributed by atoms with Crippen LogP contribution < -0.4 is 69.8 Å². The first-order valence-corrected chi connectivity index (χ1v) is 32.9. The number of carboxylic acid groups (broad SMARTS) is 1. The number of aliphatic carboxylic acids is 1. The van der Waals surface area contributed by atoms with Crippen LogP contribution in [0.15, 0.2) is 84.9 Å². The van der Waals surface area contributed by atoms with Crippen LogP contribution in [0.3, 0.4) is 0 Å². The minimum Gasteiger partial charge on any atom is -0.494 e. The fourth-order valence-corrected chi connectivity index (χ4v) is 10.7. The fourth-order valence-electron chi connectivity index (χ4n) is 10.7. The average molecular weight is 1410 g/mol. The lowest BCUT2D eigenvalue weighted by Gasteiger charge is -2.34. The summed E-state index contributed by atoms with van der Waals surface area (Å²) < 4.78 is 21.3. The molecule has 1 heterocycles. The number of nitrogens with two attached hydrogens (primary N) is 3. The van der Waals surface area contributed by atoms with Crippen molar-refractivity contribution in [1.29, 1.82) is 0 Å². The van der Waals surface area contributed by atoms with Crippen molar-refractivity contribution >= 4 is 65.0 Å². The zero-order valence-electron chi connectivity index (χ0n) is 57.4. The van der Waals surface area contributed by atoms with Crippen LogP contribution in [0, 0.1) is 19.7 Å². The fraction of sp³-hybridized carbons (Fsp3) is 0.471. The first kappa shape index (κ1) is 81.3. The molecule has 0 fully saturated rings. The Kier molecular flexibility index (Phi) is 31.8. The number of hydrogen-bond acceptors (Lipinski definition) is 20. The predicted octanol–water partition coefficient (Wildman–Crippen LogP) is -2.20. The lowest BCUT2D eigenvalue weighted by molar-refractivity contribution is -0.142. The van der Waals surface area contributed by atoms with Gasteiger partial charge in [-0.15, -0.1) is 10.2 Å². The van der Waals surface area contributed by atoms with Gasteiger partial charge in [-0.2, -0.15) is 5.21 Å². The second-order valence-electron chi connectivity index (χ2n) is 24.9. The molecular weight excluding hydrogens is 1320 g/mol. The Morgan fingerprint density at radius 3 is 1.86 bits per heavy atom. The van der Waals surface area contributed by atoms with E-state index in [-0.39, 0.29) is 30.7 Å². The summed E-state index contributed by atoms with van der Waals surface area (Å²) >= 11 is 0. The third-order valence-corrected chi connectivity index (χ3v) is 16.2. The summed E-state index contributed by atoms with van der Waals surface area (Å²) in [5.74, 6) is -13.0. The number of aliphatic hydroxyl groups is 3. The highest BCUT2D eigenvalue weighted by atomic mass is 19.1. The number of tetrazole rings is 1. The second kappa shape index (κ2) is 39.4. The molecule has 20 N–H and O–H groups in total. The van der Waals surface area contributed by atoms with Gasteiger partial charge in [0.25, 0.3) is 0 Å². The highest BCUT2D eigenvalue weighted by Crippen LogP contribution is 2.29. The molecule has 32 nitrogen and oxygen atoms in total. The van der Waals surface area contributed by atoms with E-state index in [1.807, 2.05) is 57.2 Å². The minimum atomic E-state index is -2.36. The summed E-state index contributed by atoms with van der Waals surface area (Å²) in [5, 5.41) is 76.5. The lowest BCUT2D eigenvalue weighted by Crippen LogP contribution is -2.67. The summed E-state index contributed by atoms with van der Waals surface area (Å²) in [4.78, 5) is 150. The summed E-state index contributed by atoms with van der Waals surface area (Å²) in [6, 6.07) is 10.4. The monoisotopic (exact) mass is 1410 g/mol. The number of amides is 10. The van der Waals surface area contributed by atoms with Crippen LogP contribution in [-0.2, 0) is 84.8 Å². The number of ether oxygens (including phenoxy) is 1. The lowest BCUT2D eigenvalue weighted by atomic mass is 9.90. The maximum atomic E-state index is 15.4. The van der Waals surface area contributed by atoms with Crippen molar-refractivity contribution in [3.63, 3.8) is 0 Å². The standard InChI is InChI=1S/C68H93FN16O16/c1-8-43-30-46(101-25-12-11-24-70)22-23-47(43)44-20-18-41(19-21-44)29-50(62(95)74-49(59(72)92)17-13-14-42-27-36(2)26-37(3)28-42)76-63(96)52(32-56(90)91)77-64(97)53(35-86)78-65(98)57(39(5)87)80-67(100)68(7,33-45-15-9-10-16-48(45)69)81-66(99)58(40(6)88)79-55(89)34-73-61(94)51(75-60(93)38(4)71)31-54-82-84-85-83-54/h9-10,15-16,18-23,26-28,30,38-40,49-53,57-58,86-88H,8,11-14,17,24-25,29,31-35,70-71H2,1-7H3,(H2,72,92)(H,73,94)(H,74,95)(H,75,93)(H,76,96)(H,77,97)(H,78,98)(H,79,89)(H,80,100)(H,81,99)(H,90,91)(H,82,83,84,85)/t38-,39+,40+,49-,50-,51-,52-,53-,57-,58-,68-/m0/s1. The number of carbonyl (C=O) groups excluding carboxylic acids is 10. The van der Waals surface area contributed by atoms with Gasteiger partial charge in [-0.05, 0) is 138 Å². The molecule has 0 saturated carbocycles. The Morgan fingerprint density at radius 1 is 0.663 bits per heavy atom. The zero-order chi connectivity index (χ0) is 74.7. The quantitative estimate of drug-likeness (QED) is 0.0185. The number of unbranched alkanes of at least 4 members (excludes halogenated alkanes) is 1. The average Bonchev–Trinajstić information content (AvgIpc) is 1.09. The van der Waals surface area contributed by atoms with Gasteiger partial charge in [0.15, 0.2) is 5.82 Å². The van der Waals surface area contributed by atoms with Gasteiger partial charge in [0, 0.05) is 19.3 Å². The molecule has 5 aromatic rings. The van der Waals surface area contributed by atoms with Crippen LogP contribution in [0.25, 0.3) is 11.1 Å². The van der Waals surface area contributed by atoms with Gasteiger partial charge >= 0.3 is 5.97 Å². The van der Waals surface area contributed by atoms with E-state index in [0.29, 0.717) is 43.7 Å². The summed E-state index contributed by atoms with van der Waals surface area (Å²) in [7, 11) is 0. The predicted molar refractivity (Wildman–Crippen MR) is 364 cm³/mol. The molecule has 5 rings (SSSR count). The number of H-pyrrole nitrogens is 1. The number of hydrogen-bond donors (Lipinski definition) is 17. The Morgan fingerprint density at radius 2 is 1.27 bits per heavy atom. The normalized spacial score (nSPS) is 14.7. The second-order valence-corrected chi connectivity index (χ2v) is 24.9. The minimum absolute atomic E-state index is 0.00238. The van der Waals surface area contributed by atoms with Crippen LogP contribution in [0.1, 0.15) is 106 Å².